The number of anilines is 1. The number of sulfonamides is 1. The second-order valence-electron chi connectivity index (χ2n) is 5.93. The first-order valence-corrected chi connectivity index (χ1v) is 9.19. The molecule has 1 unspecified atom stereocenters. The molecule has 0 saturated carbocycles. The minimum Gasteiger partial charge on any atom is -0.330 e. The Labute approximate surface area is 151 Å². The Bertz CT molecular complexity index is 699. The molecule has 23 heavy (non-hydrogen) atoms. The fraction of sp³-hybridized carbons (Fsp3) is 0.500. The number of hydrogen-bond acceptors (Lipinski definition) is 4. The number of carbonyl (C=O) groups excluding carboxylic acids is 1. The molecule has 1 aromatic carbocycles. The third kappa shape index (κ3) is 4.45. The third-order valence-electron chi connectivity index (χ3n) is 3.90. The van der Waals surface area contributed by atoms with Crippen molar-refractivity contribution >= 4 is 50.0 Å². The van der Waals surface area contributed by atoms with Crippen LogP contribution in [0.15, 0.2) is 27.6 Å². The number of benzene rings is 1. The van der Waals surface area contributed by atoms with Crippen LogP contribution in [0.25, 0.3) is 0 Å². The summed E-state index contributed by atoms with van der Waals surface area (Å²) >= 11 is 3.30. The number of nitrogens with zero attached hydrogens (tertiary/aromatic N) is 1. The van der Waals surface area contributed by atoms with Crippen molar-refractivity contribution in [3.8, 4) is 0 Å². The lowest BCUT2D eigenvalue weighted by Crippen LogP contribution is -2.34. The van der Waals surface area contributed by atoms with Gasteiger partial charge in [0, 0.05) is 24.5 Å². The molecule has 1 fully saturated rings. The summed E-state index contributed by atoms with van der Waals surface area (Å²) < 4.78 is 27.4. The van der Waals surface area contributed by atoms with Gasteiger partial charge in [0.15, 0.2) is 0 Å². The molecule has 1 amide bonds. The molecule has 0 spiro atoms. The van der Waals surface area contributed by atoms with Crippen LogP contribution in [0.1, 0.15) is 20.3 Å². The quantitative estimate of drug-likeness (QED) is 0.772. The lowest BCUT2D eigenvalue weighted by molar-refractivity contribution is -0.114. The highest BCUT2D eigenvalue weighted by molar-refractivity contribution is 9.10. The summed E-state index contributed by atoms with van der Waals surface area (Å²) in [4.78, 5) is 11.3. The molecule has 6 nitrogen and oxygen atoms in total. The van der Waals surface area contributed by atoms with Crippen molar-refractivity contribution in [1.29, 1.82) is 0 Å². The second kappa shape index (κ2) is 7.48. The van der Waals surface area contributed by atoms with E-state index in [2.05, 4.69) is 21.2 Å². The Morgan fingerprint density at radius 1 is 1.48 bits per heavy atom. The van der Waals surface area contributed by atoms with Gasteiger partial charge in [0.05, 0.1) is 10.6 Å². The highest BCUT2D eigenvalue weighted by Gasteiger charge is 2.39. The monoisotopic (exact) mass is 425 g/mol. The van der Waals surface area contributed by atoms with Crippen molar-refractivity contribution in [3.05, 3.63) is 22.7 Å². The van der Waals surface area contributed by atoms with Gasteiger partial charge in [0.1, 0.15) is 0 Å². The lowest BCUT2D eigenvalue weighted by Gasteiger charge is -2.22. The van der Waals surface area contributed by atoms with E-state index in [0.29, 0.717) is 29.8 Å². The summed E-state index contributed by atoms with van der Waals surface area (Å²) in [5, 5.41) is 2.63. The SMILES string of the molecule is CC(=O)Nc1ccc(S(=O)(=O)N2CCC(C)(CN)C2)cc1Br.Cl. The van der Waals surface area contributed by atoms with Crippen molar-refractivity contribution in [2.45, 2.75) is 25.2 Å². The minimum atomic E-state index is -3.55. The maximum Gasteiger partial charge on any atom is 0.243 e. The topological polar surface area (TPSA) is 92.5 Å². The van der Waals surface area contributed by atoms with Crippen LogP contribution in [0, 0.1) is 5.41 Å². The zero-order chi connectivity index (χ0) is 16.5. The fourth-order valence-electron chi connectivity index (χ4n) is 2.45. The predicted octanol–water partition coefficient (Wildman–Crippen LogP) is 2.19. The molecule has 1 saturated heterocycles. The van der Waals surface area contributed by atoms with Crippen molar-refractivity contribution < 1.29 is 13.2 Å². The third-order valence-corrected chi connectivity index (χ3v) is 6.40. The van der Waals surface area contributed by atoms with Gasteiger partial charge in [0.2, 0.25) is 15.9 Å². The van der Waals surface area contributed by atoms with Crippen molar-refractivity contribution in [2.24, 2.45) is 11.1 Å². The Hall–Kier alpha value is -0.670. The Morgan fingerprint density at radius 2 is 2.13 bits per heavy atom. The van der Waals surface area contributed by atoms with Crippen molar-refractivity contribution in [1.82, 2.24) is 4.31 Å². The molecule has 2 rings (SSSR count). The van der Waals surface area contributed by atoms with E-state index < -0.39 is 10.0 Å². The molecule has 0 aromatic heterocycles. The summed E-state index contributed by atoms with van der Waals surface area (Å²) in [6.07, 6.45) is 0.758. The van der Waals surface area contributed by atoms with Gasteiger partial charge >= 0.3 is 0 Å². The van der Waals surface area contributed by atoms with E-state index in [1.54, 1.807) is 6.07 Å². The van der Waals surface area contributed by atoms with E-state index in [0.717, 1.165) is 6.42 Å². The van der Waals surface area contributed by atoms with Gasteiger partial charge in [-0.1, -0.05) is 6.92 Å². The normalized spacial score (nSPS) is 21.7. The van der Waals surface area contributed by atoms with Crippen LogP contribution in [0.5, 0.6) is 0 Å². The van der Waals surface area contributed by atoms with E-state index in [9.17, 15) is 13.2 Å². The molecule has 1 aliphatic heterocycles. The molecule has 1 aromatic rings. The molecule has 3 N–H and O–H groups in total. The van der Waals surface area contributed by atoms with Gasteiger partial charge < -0.3 is 11.1 Å². The van der Waals surface area contributed by atoms with Crippen LogP contribution in [0.4, 0.5) is 5.69 Å². The van der Waals surface area contributed by atoms with E-state index in [1.165, 1.54) is 23.4 Å². The number of halogens is 2. The van der Waals surface area contributed by atoms with Gasteiger partial charge in [-0.15, -0.1) is 12.4 Å². The summed E-state index contributed by atoms with van der Waals surface area (Å²) in [6, 6.07) is 4.60. The molecule has 0 bridgehead atoms. The first-order valence-electron chi connectivity index (χ1n) is 6.95. The molecule has 130 valence electrons. The highest BCUT2D eigenvalue weighted by Crippen LogP contribution is 2.34. The average Bonchev–Trinajstić information content (AvgIpc) is 2.84. The number of nitrogens with two attached hydrogens (primary N) is 1. The van der Waals surface area contributed by atoms with Crippen LogP contribution in [-0.2, 0) is 14.8 Å². The molecular weight excluding hydrogens is 406 g/mol. The molecule has 9 heteroatoms. The molecule has 1 atom stereocenters. The van der Waals surface area contributed by atoms with Gasteiger partial charge in [-0.25, -0.2) is 8.42 Å². The van der Waals surface area contributed by atoms with Gasteiger partial charge in [-0.05, 0) is 52.5 Å². The van der Waals surface area contributed by atoms with E-state index in [4.69, 9.17) is 5.73 Å². The number of hydrogen-bond donors (Lipinski definition) is 2. The van der Waals surface area contributed by atoms with Crippen molar-refractivity contribution in [3.63, 3.8) is 0 Å². The van der Waals surface area contributed by atoms with Crippen LogP contribution < -0.4 is 11.1 Å². The molecule has 1 heterocycles. The van der Waals surface area contributed by atoms with Crippen molar-refractivity contribution in [2.75, 3.05) is 25.0 Å². The zero-order valence-electron chi connectivity index (χ0n) is 13.0. The average molecular weight is 427 g/mol. The standard InChI is InChI=1S/C14H20BrN3O3S.ClH/c1-10(19)17-13-4-3-11(7-12(13)15)22(20,21)18-6-5-14(2,8-16)9-18;/h3-4,7H,5-6,8-9,16H2,1-2H3,(H,17,19);1H. The smallest absolute Gasteiger partial charge is 0.243 e. The largest absolute Gasteiger partial charge is 0.330 e. The Morgan fingerprint density at radius 3 is 2.61 bits per heavy atom. The van der Waals surface area contributed by atoms with Gasteiger partial charge in [0.25, 0.3) is 0 Å². The minimum absolute atomic E-state index is 0. The Kier molecular flexibility index (Phi) is 6.63. The summed E-state index contributed by atoms with van der Waals surface area (Å²) in [7, 11) is -3.55. The molecule has 1 aliphatic rings. The number of rotatable bonds is 4. The first-order chi connectivity index (χ1) is 10.2. The number of nitrogens with one attached hydrogen (secondary N) is 1. The first kappa shape index (κ1) is 20.4. The number of carbonyl (C=O) groups is 1. The van der Waals surface area contributed by atoms with Crippen LogP contribution in [0.3, 0.4) is 0 Å². The molecule has 0 aliphatic carbocycles. The maximum absolute atomic E-state index is 12.7. The van der Waals surface area contributed by atoms with Gasteiger partial charge in [-0.3, -0.25) is 4.79 Å². The molecule has 0 radical (unpaired) electrons. The maximum atomic E-state index is 12.7. The Balaban J connectivity index is 0.00000264. The summed E-state index contributed by atoms with van der Waals surface area (Å²) in [5.41, 5.74) is 6.11. The van der Waals surface area contributed by atoms with E-state index in [-0.39, 0.29) is 28.6 Å². The highest BCUT2D eigenvalue weighted by atomic mass is 79.9. The predicted molar refractivity (Wildman–Crippen MR) is 96.2 cm³/mol. The summed E-state index contributed by atoms with van der Waals surface area (Å²) in [5.74, 6) is -0.213. The summed E-state index contributed by atoms with van der Waals surface area (Å²) in [6.45, 7) is 4.76. The fourth-order valence-corrected chi connectivity index (χ4v) is 4.69. The van der Waals surface area contributed by atoms with E-state index in [1.807, 2.05) is 6.92 Å². The zero-order valence-corrected chi connectivity index (χ0v) is 16.2. The van der Waals surface area contributed by atoms with Crippen LogP contribution in [-0.4, -0.2) is 38.3 Å². The molecular formula is C14H21BrClN3O3S. The lowest BCUT2D eigenvalue weighted by atomic mass is 9.90. The van der Waals surface area contributed by atoms with E-state index >= 15 is 0 Å². The van der Waals surface area contributed by atoms with Gasteiger partial charge in [-0.2, -0.15) is 4.31 Å². The van der Waals surface area contributed by atoms with Crippen LogP contribution in [0.2, 0.25) is 0 Å². The van der Waals surface area contributed by atoms with Crippen LogP contribution >= 0.6 is 28.3 Å². The number of amides is 1. The second-order valence-corrected chi connectivity index (χ2v) is 8.72.